The Bertz CT molecular complexity index is 1220. The van der Waals surface area contributed by atoms with Gasteiger partial charge in [-0.15, -0.1) is 0 Å². The molecule has 0 aliphatic rings. The number of carbonyl (C=O) groups excluding carboxylic acids is 3. The van der Waals surface area contributed by atoms with Gasteiger partial charge < -0.3 is 14.2 Å². The van der Waals surface area contributed by atoms with Crippen LogP contribution in [-0.4, -0.2) is 37.2 Å². The first-order valence-electron chi connectivity index (χ1n) is 30.6. The summed E-state index contributed by atoms with van der Waals surface area (Å²) in [4.78, 5) is 38.3. The minimum atomic E-state index is -0.781. The summed E-state index contributed by atoms with van der Waals surface area (Å²) < 4.78 is 16.9. The summed E-state index contributed by atoms with van der Waals surface area (Å²) in [5.41, 5.74) is 0. The Morgan fingerprint density at radius 3 is 0.829 bits per heavy atom. The van der Waals surface area contributed by atoms with Crippen molar-refractivity contribution in [3.63, 3.8) is 0 Å². The number of carbonyl (C=O) groups is 3. The van der Waals surface area contributed by atoms with Crippen molar-refractivity contribution < 1.29 is 28.6 Å². The number of hydrogen-bond donors (Lipinski definition) is 0. The Hall–Kier alpha value is -2.63. The van der Waals surface area contributed by atoms with E-state index in [-0.39, 0.29) is 31.1 Å². The number of hydrogen-bond acceptors (Lipinski definition) is 6. The van der Waals surface area contributed by atoms with E-state index in [0.717, 1.165) is 70.6 Å². The highest BCUT2D eigenvalue weighted by Gasteiger charge is 2.19. The Morgan fingerprint density at radius 2 is 0.514 bits per heavy atom. The molecule has 0 spiro atoms. The van der Waals surface area contributed by atoms with E-state index in [0.29, 0.717) is 19.3 Å². The van der Waals surface area contributed by atoms with E-state index >= 15 is 0 Å². The molecule has 0 aromatic rings. The average Bonchev–Trinajstić information content (AvgIpc) is 3.36. The van der Waals surface area contributed by atoms with Gasteiger partial charge in [-0.2, -0.15) is 0 Å². The van der Waals surface area contributed by atoms with Gasteiger partial charge in [0.2, 0.25) is 0 Å². The van der Waals surface area contributed by atoms with Gasteiger partial charge in [-0.25, -0.2) is 0 Å². The molecule has 0 fully saturated rings. The molecule has 0 saturated carbocycles. The summed E-state index contributed by atoms with van der Waals surface area (Å²) in [7, 11) is 0. The van der Waals surface area contributed by atoms with E-state index in [1.54, 1.807) is 0 Å². The molecule has 6 heteroatoms. The lowest BCUT2D eigenvalue weighted by Crippen LogP contribution is -2.30. The first-order valence-corrected chi connectivity index (χ1v) is 30.6. The van der Waals surface area contributed by atoms with Crippen LogP contribution in [0.15, 0.2) is 48.6 Å². The maximum absolute atomic E-state index is 12.9. The SMILES string of the molecule is CCCCC/C=C\C/C=C\CCCCCCCCCC(=O)OC(COC(=O)CCCCCCCCC/C=C\CCCCCCCC)COC(=O)CCCCCCCCC/C=C\CCCCCCCCC. The molecule has 70 heavy (non-hydrogen) atoms. The summed E-state index contributed by atoms with van der Waals surface area (Å²) in [5, 5.41) is 0. The highest BCUT2D eigenvalue weighted by atomic mass is 16.6. The Balaban J connectivity index is 4.38. The molecule has 0 radical (unpaired) electrons. The van der Waals surface area contributed by atoms with Crippen molar-refractivity contribution in [2.45, 2.75) is 329 Å². The maximum Gasteiger partial charge on any atom is 0.306 e. The number of esters is 3. The molecule has 0 aliphatic heterocycles. The van der Waals surface area contributed by atoms with Crippen LogP contribution in [0, 0.1) is 0 Å². The Kier molecular flexibility index (Phi) is 56.7. The van der Waals surface area contributed by atoms with Crippen molar-refractivity contribution in [2.24, 2.45) is 0 Å². The van der Waals surface area contributed by atoms with Crippen LogP contribution in [0.1, 0.15) is 323 Å². The largest absolute Gasteiger partial charge is 0.462 e. The second kappa shape index (κ2) is 58.9. The van der Waals surface area contributed by atoms with Crippen LogP contribution in [0.2, 0.25) is 0 Å². The fraction of sp³-hybridized carbons (Fsp3) is 0.828. The molecule has 408 valence electrons. The minimum Gasteiger partial charge on any atom is -0.462 e. The molecule has 6 nitrogen and oxygen atoms in total. The fourth-order valence-corrected chi connectivity index (χ4v) is 8.88. The van der Waals surface area contributed by atoms with Gasteiger partial charge in [-0.05, 0) is 103 Å². The van der Waals surface area contributed by atoms with Crippen molar-refractivity contribution >= 4 is 17.9 Å². The molecule has 1 atom stereocenters. The molecule has 0 rings (SSSR count). The highest BCUT2D eigenvalue weighted by molar-refractivity contribution is 5.71. The molecule has 0 aliphatic carbocycles. The molecule has 0 aromatic heterocycles. The Morgan fingerprint density at radius 1 is 0.286 bits per heavy atom. The molecule has 0 N–H and O–H groups in total. The molecule has 0 aromatic carbocycles. The van der Waals surface area contributed by atoms with Gasteiger partial charge in [-0.1, -0.05) is 249 Å². The summed E-state index contributed by atoms with van der Waals surface area (Å²) in [5.74, 6) is -0.878. The minimum absolute atomic E-state index is 0.0782. The highest BCUT2D eigenvalue weighted by Crippen LogP contribution is 2.16. The molecule has 0 heterocycles. The molecule has 0 amide bonds. The topological polar surface area (TPSA) is 78.9 Å². The smallest absolute Gasteiger partial charge is 0.306 e. The summed E-state index contributed by atoms with van der Waals surface area (Å²) in [6.45, 7) is 6.64. The third-order valence-corrected chi connectivity index (χ3v) is 13.5. The van der Waals surface area contributed by atoms with Gasteiger partial charge >= 0.3 is 17.9 Å². The van der Waals surface area contributed by atoms with Crippen molar-refractivity contribution in [1.82, 2.24) is 0 Å². The van der Waals surface area contributed by atoms with Crippen LogP contribution in [0.5, 0.6) is 0 Å². The van der Waals surface area contributed by atoms with Crippen LogP contribution in [0.4, 0.5) is 0 Å². The van der Waals surface area contributed by atoms with Crippen molar-refractivity contribution in [2.75, 3.05) is 13.2 Å². The lowest BCUT2D eigenvalue weighted by atomic mass is 10.1. The van der Waals surface area contributed by atoms with Gasteiger partial charge in [0.25, 0.3) is 0 Å². The second-order valence-corrected chi connectivity index (χ2v) is 20.6. The van der Waals surface area contributed by atoms with Crippen LogP contribution in [-0.2, 0) is 28.6 Å². The third kappa shape index (κ3) is 56.3. The van der Waals surface area contributed by atoms with Gasteiger partial charge in [0.15, 0.2) is 6.10 Å². The van der Waals surface area contributed by atoms with Crippen LogP contribution >= 0.6 is 0 Å². The van der Waals surface area contributed by atoms with Gasteiger partial charge in [0.1, 0.15) is 13.2 Å². The van der Waals surface area contributed by atoms with Crippen molar-refractivity contribution in [1.29, 1.82) is 0 Å². The van der Waals surface area contributed by atoms with Crippen molar-refractivity contribution in [3.05, 3.63) is 48.6 Å². The zero-order valence-corrected chi connectivity index (χ0v) is 46.8. The first kappa shape index (κ1) is 67.4. The van der Waals surface area contributed by atoms with Gasteiger partial charge in [-0.3, -0.25) is 14.4 Å². The standard InChI is InChI=1S/C64H116O6/c1-4-7-10-13-16-19-22-25-28-31-34-36-39-42-45-48-51-54-57-63(66)69-60-61(70-64(67)58-55-52-49-46-43-40-37-33-30-27-24-21-18-15-12-9-6-3)59-68-62(65)56-53-50-47-44-41-38-35-32-29-26-23-20-17-14-11-8-5-2/h18,21,26-31,61H,4-17,19-20,22-25,32-60H2,1-3H3/b21-18-,29-26-,30-27-,31-28-. The first-order chi connectivity index (χ1) is 34.5. The maximum atomic E-state index is 12.9. The van der Waals surface area contributed by atoms with Crippen LogP contribution < -0.4 is 0 Å². The quantitative estimate of drug-likeness (QED) is 0.0261. The molecule has 0 saturated heterocycles. The molecular formula is C64H116O6. The summed E-state index contributed by atoms with van der Waals surface area (Å²) in [6.07, 6.45) is 72.4. The number of ether oxygens (including phenoxy) is 3. The number of rotatable bonds is 56. The monoisotopic (exact) mass is 981 g/mol. The predicted octanol–water partition coefficient (Wildman–Crippen LogP) is 20.6. The van der Waals surface area contributed by atoms with E-state index in [2.05, 4.69) is 69.4 Å². The van der Waals surface area contributed by atoms with E-state index in [1.807, 2.05) is 0 Å². The third-order valence-electron chi connectivity index (χ3n) is 13.5. The lowest BCUT2D eigenvalue weighted by Gasteiger charge is -2.18. The van der Waals surface area contributed by atoms with E-state index in [9.17, 15) is 14.4 Å². The molecular weight excluding hydrogens is 865 g/mol. The summed E-state index contributed by atoms with van der Waals surface area (Å²) in [6, 6.07) is 0. The van der Waals surface area contributed by atoms with E-state index in [4.69, 9.17) is 14.2 Å². The number of unbranched alkanes of at least 4 members (excludes halogenated alkanes) is 37. The van der Waals surface area contributed by atoms with Gasteiger partial charge in [0.05, 0.1) is 0 Å². The number of allylic oxidation sites excluding steroid dienone is 8. The lowest BCUT2D eigenvalue weighted by molar-refractivity contribution is -0.167. The van der Waals surface area contributed by atoms with Gasteiger partial charge in [0, 0.05) is 19.3 Å². The molecule has 1 unspecified atom stereocenters. The average molecular weight is 982 g/mol. The Labute approximate surface area is 435 Å². The predicted molar refractivity (Wildman–Crippen MR) is 302 cm³/mol. The van der Waals surface area contributed by atoms with Crippen LogP contribution in [0.25, 0.3) is 0 Å². The fourth-order valence-electron chi connectivity index (χ4n) is 8.88. The molecule has 0 bridgehead atoms. The summed E-state index contributed by atoms with van der Waals surface area (Å²) >= 11 is 0. The van der Waals surface area contributed by atoms with E-state index < -0.39 is 6.10 Å². The zero-order valence-electron chi connectivity index (χ0n) is 46.8. The van der Waals surface area contributed by atoms with E-state index in [1.165, 1.54) is 212 Å². The van der Waals surface area contributed by atoms with Crippen molar-refractivity contribution in [3.8, 4) is 0 Å². The second-order valence-electron chi connectivity index (χ2n) is 20.6. The zero-order chi connectivity index (χ0) is 50.7. The van der Waals surface area contributed by atoms with Crippen LogP contribution in [0.3, 0.4) is 0 Å². The normalized spacial score (nSPS) is 12.3.